The molecule has 2 aromatic heterocycles. The number of hydrogen-bond acceptors (Lipinski definition) is 7. The lowest BCUT2D eigenvalue weighted by Crippen LogP contribution is -2.39. The standard InChI is InChI=1S/C15H18N4O4/c1-15(2,3)23-14(21)18-12(13(20)22-4)11-10-9(8-17-19-11)6-5-7-16-10/h5-8,12H,1-4H3,(H,18,21). The van der Waals surface area contributed by atoms with Crippen LogP contribution in [-0.2, 0) is 14.3 Å². The van der Waals surface area contributed by atoms with Crippen molar-refractivity contribution < 1.29 is 19.1 Å². The van der Waals surface area contributed by atoms with E-state index in [2.05, 4.69) is 20.5 Å². The number of alkyl carbamates (subject to hydrolysis) is 1. The second-order valence-electron chi connectivity index (χ2n) is 5.77. The maximum atomic E-state index is 12.1. The molecule has 0 aliphatic heterocycles. The number of carbonyl (C=O) groups is 2. The predicted molar refractivity (Wildman–Crippen MR) is 81.5 cm³/mol. The molecule has 0 aromatic carbocycles. The van der Waals surface area contributed by atoms with Crippen molar-refractivity contribution in [1.29, 1.82) is 0 Å². The van der Waals surface area contributed by atoms with E-state index >= 15 is 0 Å². The van der Waals surface area contributed by atoms with Gasteiger partial charge in [0.2, 0.25) is 0 Å². The zero-order valence-electron chi connectivity index (χ0n) is 13.4. The number of esters is 1. The van der Waals surface area contributed by atoms with Gasteiger partial charge in [-0.05, 0) is 32.9 Å². The van der Waals surface area contributed by atoms with Crippen LogP contribution in [0, 0.1) is 0 Å². The molecular formula is C15H18N4O4. The zero-order valence-corrected chi connectivity index (χ0v) is 13.4. The molecule has 1 N–H and O–H groups in total. The van der Waals surface area contributed by atoms with Gasteiger partial charge >= 0.3 is 12.1 Å². The molecule has 1 amide bonds. The van der Waals surface area contributed by atoms with Crippen LogP contribution in [0.15, 0.2) is 24.5 Å². The molecule has 0 radical (unpaired) electrons. The van der Waals surface area contributed by atoms with Crippen molar-refractivity contribution in [1.82, 2.24) is 20.5 Å². The Labute approximate surface area is 133 Å². The van der Waals surface area contributed by atoms with Gasteiger partial charge in [0, 0.05) is 11.6 Å². The molecule has 1 unspecified atom stereocenters. The van der Waals surface area contributed by atoms with Crippen molar-refractivity contribution in [2.24, 2.45) is 0 Å². The molecule has 2 rings (SSSR count). The molecule has 0 aliphatic carbocycles. The maximum absolute atomic E-state index is 12.1. The minimum absolute atomic E-state index is 0.195. The van der Waals surface area contributed by atoms with E-state index in [1.807, 2.05) is 0 Å². The Bertz CT molecular complexity index is 721. The number of ether oxygens (including phenoxy) is 2. The summed E-state index contributed by atoms with van der Waals surface area (Å²) in [6.45, 7) is 5.16. The van der Waals surface area contributed by atoms with Crippen LogP contribution in [0.2, 0.25) is 0 Å². The summed E-state index contributed by atoms with van der Waals surface area (Å²) in [7, 11) is 1.22. The van der Waals surface area contributed by atoms with Crippen LogP contribution in [-0.4, -0.2) is 40.0 Å². The van der Waals surface area contributed by atoms with Crippen LogP contribution < -0.4 is 5.32 Å². The predicted octanol–water partition coefficient (Wildman–Crippen LogP) is 1.76. The van der Waals surface area contributed by atoms with Crippen molar-refractivity contribution in [3.8, 4) is 0 Å². The van der Waals surface area contributed by atoms with Crippen LogP contribution in [0.4, 0.5) is 4.79 Å². The smallest absolute Gasteiger partial charge is 0.408 e. The molecule has 0 fully saturated rings. The first-order chi connectivity index (χ1) is 10.8. The number of hydrogen-bond donors (Lipinski definition) is 1. The lowest BCUT2D eigenvalue weighted by Gasteiger charge is -2.22. The number of nitrogens with one attached hydrogen (secondary N) is 1. The molecular weight excluding hydrogens is 300 g/mol. The van der Waals surface area contributed by atoms with Gasteiger partial charge in [-0.3, -0.25) is 4.98 Å². The van der Waals surface area contributed by atoms with Crippen molar-refractivity contribution in [2.45, 2.75) is 32.4 Å². The van der Waals surface area contributed by atoms with Crippen LogP contribution in [0.3, 0.4) is 0 Å². The second kappa shape index (κ2) is 6.55. The van der Waals surface area contributed by atoms with E-state index in [0.717, 1.165) is 0 Å². The molecule has 0 saturated carbocycles. The van der Waals surface area contributed by atoms with E-state index < -0.39 is 23.7 Å². The number of aromatic nitrogens is 3. The molecule has 0 saturated heterocycles. The Morgan fingerprint density at radius 2 is 2.04 bits per heavy atom. The first kappa shape index (κ1) is 16.6. The molecule has 0 bridgehead atoms. The minimum atomic E-state index is -1.17. The summed E-state index contributed by atoms with van der Waals surface area (Å²) in [6.07, 6.45) is 2.32. The third kappa shape index (κ3) is 4.12. The molecule has 2 heterocycles. The fourth-order valence-electron chi connectivity index (χ4n) is 1.91. The van der Waals surface area contributed by atoms with E-state index in [1.54, 1.807) is 39.1 Å². The molecule has 1 atom stereocenters. The van der Waals surface area contributed by atoms with Gasteiger partial charge in [0.1, 0.15) is 11.3 Å². The highest BCUT2D eigenvalue weighted by molar-refractivity contribution is 5.88. The summed E-state index contributed by atoms with van der Waals surface area (Å²) in [5, 5.41) is 10.9. The van der Waals surface area contributed by atoms with E-state index in [4.69, 9.17) is 9.47 Å². The molecule has 8 heteroatoms. The number of methoxy groups -OCH3 is 1. The highest BCUT2D eigenvalue weighted by Gasteiger charge is 2.30. The Kier molecular flexibility index (Phi) is 4.73. The highest BCUT2D eigenvalue weighted by Crippen LogP contribution is 2.21. The summed E-state index contributed by atoms with van der Waals surface area (Å²) in [5.41, 5.74) is -0.0530. The van der Waals surface area contributed by atoms with Gasteiger partial charge in [0.05, 0.1) is 18.8 Å². The summed E-state index contributed by atoms with van der Waals surface area (Å²) in [5.74, 6) is -0.691. The van der Waals surface area contributed by atoms with E-state index in [9.17, 15) is 9.59 Å². The Morgan fingerprint density at radius 1 is 1.30 bits per heavy atom. The summed E-state index contributed by atoms with van der Waals surface area (Å²) in [4.78, 5) is 28.3. The summed E-state index contributed by atoms with van der Waals surface area (Å²) < 4.78 is 9.91. The van der Waals surface area contributed by atoms with Gasteiger partial charge in [0.15, 0.2) is 6.04 Å². The molecule has 2 aromatic rings. The first-order valence-corrected chi connectivity index (χ1v) is 6.95. The Balaban J connectivity index is 2.38. The summed E-state index contributed by atoms with van der Waals surface area (Å²) in [6, 6.07) is 2.35. The van der Waals surface area contributed by atoms with Crippen LogP contribution in [0.1, 0.15) is 32.5 Å². The average molecular weight is 318 g/mol. The number of rotatable bonds is 3. The van der Waals surface area contributed by atoms with E-state index in [0.29, 0.717) is 10.9 Å². The average Bonchev–Trinajstić information content (AvgIpc) is 2.50. The third-order valence-electron chi connectivity index (χ3n) is 2.82. The van der Waals surface area contributed by atoms with Crippen molar-refractivity contribution >= 4 is 23.0 Å². The van der Waals surface area contributed by atoms with Crippen LogP contribution >= 0.6 is 0 Å². The van der Waals surface area contributed by atoms with Gasteiger partial charge in [0.25, 0.3) is 0 Å². The van der Waals surface area contributed by atoms with Gasteiger partial charge in [-0.25, -0.2) is 9.59 Å². The number of pyridine rings is 1. The van der Waals surface area contributed by atoms with Gasteiger partial charge in [-0.15, -0.1) is 0 Å². The fourth-order valence-corrected chi connectivity index (χ4v) is 1.91. The lowest BCUT2D eigenvalue weighted by molar-refractivity contribution is -0.143. The molecule has 0 aliphatic rings. The van der Waals surface area contributed by atoms with E-state index in [-0.39, 0.29) is 5.69 Å². The molecule has 23 heavy (non-hydrogen) atoms. The third-order valence-corrected chi connectivity index (χ3v) is 2.82. The van der Waals surface area contributed by atoms with Crippen LogP contribution in [0.5, 0.6) is 0 Å². The normalized spacial score (nSPS) is 12.5. The molecule has 8 nitrogen and oxygen atoms in total. The summed E-state index contributed by atoms with van der Waals surface area (Å²) >= 11 is 0. The Hall–Kier alpha value is -2.77. The van der Waals surface area contributed by atoms with E-state index in [1.165, 1.54) is 13.3 Å². The Morgan fingerprint density at radius 3 is 2.70 bits per heavy atom. The van der Waals surface area contributed by atoms with Crippen molar-refractivity contribution in [3.05, 3.63) is 30.2 Å². The number of fused-ring (bicyclic) bond motifs is 1. The molecule has 122 valence electrons. The quantitative estimate of drug-likeness (QED) is 0.860. The topological polar surface area (TPSA) is 103 Å². The number of nitrogens with zero attached hydrogens (tertiary/aromatic N) is 3. The van der Waals surface area contributed by atoms with Gasteiger partial charge in [-0.1, -0.05) is 0 Å². The fraction of sp³-hybridized carbons (Fsp3) is 0.400. The van der Waals surface area contributed by atoms with Crippen LogP contribution in [0.25, 0.3) is 10.9 Å². The SMILES string of the molecule is COC(=O)C(NC(=O)OC(C)(C)C)c1nncc2cccnc12. The number of amides is 1. The molecule has 0 spiro atoms. The lowest BCUT2D eigenvalue weighted by atomic mass is 10.1. The largest absolute Gasteiger partial charge is 0.467 e. The van der Waals surface area contributed by atoms with Gasteiger partial charge < -0.3 is 14.8 Å². The van der Waals surface area contributed by atoms with Gasteiger partial charge in [-0.2, -0.15) is 10.2 Å². The minimum Gasteiger partial charge on any atom is -0.467 e. The zero-order chi connectivity index (χ0) is 17.0. The first-order valence-electron chi connectivity index (χ1n) is 6.95. The second-order valence-corrected chi connectivity index (χ2v) is 5.77. The van der Waals surface area contributed by atoms with Crippen molar-refractivity contribution in [3.63, 3.8) is 0 Å². The monoisotopic (exact) mass is 318 g/mol. The highest BCUT2D eigenvalue weighted by atomic mass is 16.6. The maximum Gasteiger partial charge on any atom is 0.408 e. The van der Waals surface area contributed by atoms with Crippen molar-refractivity contribution in [2.75, 3.05) is 7.11 Å². The number of carbonyl (C=O) groups excluding carboxylic acids is 2.